The lowest BCUT2D eigenvalue weighted by molar-refractivity contribution is -0.385. The minimum atomic E-state index is -0.964. The van der Waals surface area contributed by atoms with Crippen LogP contribution in [0.2, 0.25) is 0 Å². The Morgan fingerprint density at radius 2 is 2.21 bits per heavy atom. The molecule has 0 aliphatic carbocycles. The third-order valence-corrected chi connectivity index (χ3v) is 2.49. The fraction of sp³-hybridized carbons (Fsp3) is 0.417. The number of nitrogens with two attached hydrogens (primary N) is 1. The lowest BCUT2D eigenvalue weighted by Gasteiger charge is -2.16. The second kappa shape index (κ2) is 6.02. The molecule has 1 aromatic carbocycles. The average molecular weight is 265 g/mol. The molecule has 102 valence electrons. The molecule has 0 saturated heterocycles. The largest absolute Gasteiger partial charge is 0.493 e. The molecule has 0 aliphatic rings. The number of nitriles is 1. The van der Waals surface area contributed by atoms with Crippen LogP contribution in [0.15, 0.2) is 18.2 Å². The van der Waals surface area contributed by atoms with E-state index in [2.05, 4.69) is 0 Å². The van der Waals surface area contributed by atoms with Gasteiger partial charge in [-0.3, -0.25) is 10.1 Å². The molecule has 1 unspecified atom stereocenters. The number of hydrogen-bond donors (Lipinski definition) is 1. The Morgan fingerprint density at radius 3 is 2.74 bits per heavy atom. The number of rotatable bonds is 6. The molecular formula is C12H15N3O4. The highest BCUT2D eigenvalue weighted by Crippen LogP contribution is 2.31. The van der Waals surface area contributed by atoms with E-state index in [4.69, 9.17) is 20.5 Å². The van der Waals surface area contributed by atoms with Gasteiger partial charge in [0.05, 0.1) is 30.8 Å². The van der Waals surface area contributed by atoms with E-state index in [0.717, 1.165) is 0 Å². The molecule has 2 N–H and O–H groups in total. The second-order valence-corrected chi connectivity index (χ2v) is 4.22. The number of benzene rings is 1. The third-order valence-electron chi connectivity index (χ3n) is 2.49. The normalized spacial score (nSPS) is 13.2. The number of nitro benzene ring substituents is 1. The van der Waals surface area contributed by atoms with Crippen LogP contribution < -0.4 is 15.2 Å². The van der Waals surface area contributed by atoms with Gasteiger partial charge < -0.3 is 15.2 Å². The Labute approximate surface area is 110 Å². The van der Waals surface area contributed by atoms with Crippen LogP contribution >= 0.6 is 0 Å². The molecule has 0 saturated carbocycles. The van der Waals surface area contributed by atoms with Crippen molar-refractivity contribution in [2.45, 2.75) is 18.9 Å². The Bertz CT molecular complexity index is 508. The van der Waals surface area contributed by atoms with Gasteiger partial charge in [0.1, 0.15) is 5.54 Å². The first-order valence-electron chi connectivity index (χ1n) is 5.55. The summed E-state index contributed by atoms with van der Waals surface area (Å²) in [4.78, 5) is 10.1. The monoisotopic (exact) mass is 265 g/mol. The lowest BCUT2D eigenvalue weighted by atomic mass is 10.0. The van der Waals surface area contributed by atoms with Crippen LogP contribution in [0.25, 0.3) is 0 Å². The van der Waals surface area contributed by atoms with Crippen molar-refractivity contribution >= 4 is 5.69 Å². The summed E-state index contributed by atoms with van der Waals surface area (Å²) < 4.78 is 10.4. The van der Waals surface area contributed by atoms with Crippen LogP contribution in [-0.4, -0.2) is 24.2 Å². The van der Waals surface area contributed by atoms with Gasteiger partial charge in [-0.15, -0.1) is 0 Å². The summed E-state index contributed by atoms with van der Waals surface area (Å²) >= 11 is 0. The summed E-state index contributed by atoms with van der Waals surface area (Å²) in [6.07, 6.45) is 0.337. The summed E-state index contributed by atoms with van der Waals surface area (Å²) in [5, 5.41) is 19.4. The number of nitrogens with zero attached hydrogens (tertiary/aromatic N) is 2. The number of nitro groups is 1. The van der Waals surface area contributed by atoms with Gasteiger partial charge >= 0.3 is 0 Å². The number of non-ortho nitro benzene ring substituents is 1. The minimum absolute atomic E-state index is 0.0788. The van der Waals surface area contributed by atoms with Gasteiger partial charge in [-0.25, -0.2) is 0 Å². The van der Waals surface area contributed by atoms with Crippen LogP contribution in [-0.2, 0) is 0 Å². The van der Waals surface area contributed by atoms with Crippen LogP contribution in [0, 0.1) is 21.4 Å². The third kappa shape index (κ3) is 4.12. The van der Waals surface area contributed by atoms with Crippen molar-refractivity contribution < 1.29 is 14.4 Å². The molecule has 0 fully saturated rings. The molecule has 1 atom stereocenters. The Hall–Kier alpha value is -2.33. The zero-order valence-corrected chi connectivity index (χ0v) is 10.8. The Morgan fingerprint density at radius 1 is 1.53 bits per heavy atom. The van der Waals surface area contributed by atoms with Gasteiger partial charge in [0.25, 0.3) is 5.69 Å². The molecule has 0 heterocycles. The van der Waals surface area contributed by atoms with E-state index in [0.29, 0.717) is 12.2 Å². The Kier molecular flexibility index (Phi) is 4.67. The molecule has 1 aromatic rings. The van der Waals surface area contributed by atoms with Crippen molar-refractivity contribution in [2.24, 2.45) is 5.73 Å². The first-order chi connectivity index (χ1) is 8.89. The zero-order valence-electron chi connectivity index (χ0n) is 10.8. The molecule has 0 radical (unpaired) electrons. The van der Waals surface area contributed by atoms with Gasteiger partial charge in [-0.05, 0) is 13.0 Å². The topological polar surface area (TPSA) is 111 Å². The van der Waals surface area contributed by atoms with E-state index < -0.39 is 10.5 Å². The molecule has 7 heteroatoms. The molecule has 19 heavy (non-hydrogen) atoms. The van der Waals surface area contributed by atoms with E-state index in [9.17, 15) is 10.1 Å². The van der Waals surface area contributed by atoms with Crippen molar-refractivity contribution in [1.29, 1.82) is 5.26 Å². The number of ether oxygens (including phenoxy) is 2. The first-order valence-corrected chi connectivity index (χ1v) is 5.55. The summed E-state index contributed by atoms with van der Waals surface area (Å²) in [7, 11) is 1.40. The van der Waals surface area contributed by atoms with Gasteiger partial charge in [-0.1, -0.05) is 0 Å². The summed E-state index contributed by atoms with van der Waals surface area (Å²) in [5.41, 5.74) is 4.61. The zero-order chi connectivity index (χ0) is 14.5. The van der Waals surface area contributed by atoms with Crippen molar-refractivity contribution in [2.75, 3.05) is 13.7 Å². The predicted molar refractivity (Wildman–Crippen MR) is 68.0 cm³/mol. The van der Waals surface area contributed by atoms with Crippen LogP contribution in [0.4, 0.5) is 5.69 Å². The maximum atomic E-state index is 10.6. The van der Waals surface area contributed by atoms with Crippen molar-refractivity contribution in [3.05, 3.63) is 28.3 Å². The summed E-state index contributed by atoms with van der Waals surface area (Å²) in [5.74, 6) is 0.645. The standard InChI is InChI=1S/C12H15N3O4/c1-12(14,8-13)5-6-19-10-4-3-9(15(16)17)7-11(10)18-2/h3-4,7H,5-6,14H2,1-2H3. The maximum absolute atomic E-state index is 10.6. The summed E-state index contributed by atoms with van der Waals surface area (Å²) in [6, 6.07) is 6.02. The van der Waals surface area contributed by atoms with Crippen molar-refractivity contribution in [3.63, 3.8) is 0 Å². The van der Waals surface area contributed by atoms with Gasteiger partial charge in [-0.2, -0.15) is 5.26 Å². The maximum Gasteiger partial charge on any atom is 0.273 e. The van der Waals surface area contributed by atoms with E-state index in [-0.39, 0.29) is 18.0 Å². The molecule has 0 aromatic heterocycles. The first kappa shape index (κ1) is 14.7. The van der Waals surface area contributed by atoms with Crippen LogP contribution in [0.1, 0.15) is 13.3 Å². The second-order valence-electron chi connectivity index (χ2n) is 4.22. The number of methoxy groups -OCH3 is 1. The highest BCUT2D eigenvalue weighted by molar-refractivity contribution is 5.48. The number of hydrogen-bond acceptors (Lipinski definition) is 6. The minimum Gasteiger partial charge on any atom is -0.493 e. The van der Waals surface area contributed by atoms with Gasteiger partial charge in [0.15, 0.2) is 11.5 Å². The van der Waals surface area contributed by atoms with Gasteiger partial charge in [0.2, 0.25) is 0 Å². The fourth-order valence-electron chi connectivity index (χ4n) is 1.32. The lowest BCUT2D eigenvalue weighted by Crippen LogP contribution is -2.35. The quantitative estimate of drug-likeness (QED) is 0.617. The van der Waals surface area contributed by atoms with Crippen molar-refractivity contribution in [3.8, 4) is 17.6 Å². The van der Waals surface area contributed by atoms with Crippen LogP contribution in [0.5, 0.6) is 11.5 Å². The molecule has 7 nitrogen and oxygen atoms in total. The van der Waals surface area contributed by atoms with Crippen LogP contribution in [0.3, 0.4) is 0 Å². The highest BCUT2D eigenvalue weighted by atomic mass is 16.6. The molecular weight excluding hydrogens is 250 g/mol. The average Bonchev–Trinajstić information content (AvgIpc) is 2.38. The van der Waals surface area contributed by atoms with Crippen molar-refractivity contribution in [1.82, 2.24) is 0 Å². The molecule has 1 rings (SSSR count). The van der Waals surface area contributed by atoms with E-state index in [1.54, 1.807) is 6.92 Å². The molecule has 0 amide bonds. The Balaban J connectivity index is 2.74. The van der Waals surface area contributed by atoms with Gasteiger partial charge in [0, 0.05) is 12.5 Å². The van der Waals surface area contributed by atoms with E-state index in [1.807, 2.05) is 6.07 Å². The van der Waals surface area contributed by atoms with E-state index in [1.165, 1.54) is 25.3 Å². The molecule has 0 spiro atoms. The van der Waals surface area contributed by atoms with E-state index >= 15 is 0 Å². The SMILES string of the molecule is COc1cc([N+](=O)[O-])ccc1OCCC(C)(N)C#N. The smallest absolute Gasteiger partial charge is 0.273 e. The molecule has 0 bridgehead atoms. The summed E-state index contributed by atoms with van der Waals surface area (Å²) in [6.45, 7) is 1.82. The predicted octanol–water partition coefficient (Wildman–Crippen LogP) is 1.61. The fourth-order valence-corrected chi connectivity index (χ4v) is 1.32. The highest BCUT2D eigenvalue weighted by Gasteiger charge is 2.18. The molecule has 0 aliphatic heterocycles.